The number of phenolic OH excluding ortho intramolecular Hbond substituents is 1. The molecule has 0 saturated heterocycles. The Kier molecular flexibility index (Phi) is 6.16. The highest BCUT2D eigenvalue weighted by Gasteiger charge is 2.12. The first-order valence-electron chi connectivity index (χ1n) is 7.99. The van der Waals surface area contributed by atoms with Gasteiger partial charge in [0.15, 0.2) is 0 Å². The lowest BCUT2D eigenvalue weighted by atomic mass is 10.00. The first-order chi connectivity index (χ1) is 11.0. The van der Waals surface area contributed by atoms with Gasteiger partial charge in [0.25, 0.3) is 5.91 Å². The molecule has 0 fully saturated rings. The maximum absolute atomic E-state index is 12.2. The Balaban J connectivity index is 1.79. The zero-order chi connectivity index (χ0) is 16.8. The Morgan fingerprint density at radius 3 is 2.78 bits per heavy atom. The number of unbranched alkanes of at least 4 members (excludes halogenated alkanes) is 1. The molecule has 2 aromatic rings. The van der Waals surface area contributed by atoms with Crippen molar-refractivity contribution in [2.24, 2.45) is 0 Å². The molecule has 1 heterocycles. The minimum Gasteiger partial charge on any atom is -0.507 e. The third-order valence-electron chi connectivity index (χ3n) is 3.70. The van der Waals surface area contributed by atoms with Crippen molar-refractivity contribution >= 4 is 17.2 Å². The molecule has 0 aliphatic heterocycles. The fourth-order valence-electron chi connectivity index (χ4n) is 2.31. The number of aryl methyl sites for hydroxylation is 2. The summed E-state index contributed by atoms with van der Waals surface area (Å²) in [7, 11) is 0. The summed E-state index contributed by atoms with van der Waals surface area (Å²) >= 11 is 1.69. The number of carbonyl (C=O) groups is 1. The van der Waals surface area contributed by atoms with E-state index in [9.17, 15) is 9.90 Å². The summed E-state index contributed by atoms with van der Waals surface area (Å²) in [4.78, 5) is 16.6. The zero-order valence-electron chi connectivity index (χ0n) is 13.9. The van der Waals surface area contributed by atoms with Crippen molar-refractivity contribution in [2.45, 2.75) is 46.0 Å². The van der Waals surface area contributed by atoms with Crippen LogP contribution in [0.5, 0.6) is 5.75 Å². The summed E-state index contributed by atoms with van der Waals surface area (Å²) in [5.74, 6) is 0.143. The number of aromatic hydroxyl groups is 1. The monoisotopic (exact) mass is 332 g/mol. The van der Waals surface area contributed by atoms with Crippen molar-refractivity contribution in [3.05, 3.63) is 45.4 Å². The van der Waals surface area contributed by atoms with Crippen LogP contribution in [0.1, 0.15) is 59.2 Å². The molecule has 0 aliphatic rings. The van der Waals surface area contributed by atoms with Gasteiger partial charge in [0.1, 0.15) is 5.75 Å². The second-order valence-electron chi connectivity index (χ2n) is 6.03. The van der Waals surface area contributed by atoms with E-state index in [0.29, 0.717) is 18.0 Å². The molecule has 0 spiro atoms. The number of hydrogen-bond donors (Lipinski definition) is 2. The first-order valence-corrected chi connectivity index (χ1v) is 8.87. The first kappa shape index (κ1) is 17.5. The van der Waals surface area contributed by atoms with Crippen molar-refractivity contribution in [1.29, 1.82) is 0 Å². The highest BCUT2D eigenvalue weighted by Crippen LogP contribution is 2.23. The minimum absolute atomic E-state index is 0.0326. The Morgan fingerprint density at radius 1 is 1.35 bits per heavy atom. The molecule has 0 radical (unpaired) electrons. The van der Waals surface area contributed by atoms with Gasteiger partial charge in [0.2, 0.25) is 0 Å². The van der Waals surface area contributed by atoms with Crippen LogP contribution < -0.4 is 5.32 Å². The van der Waals surface area contributed by atoms with E-state index in [4.69, 9.17) is 0 Å². The molecule has 0 aliphatic carbocycles. The zero-order valence-corrected chi connectivity index (χ0v) is 14.7. The molecule has 1 aromatic carbocycles. The number of nitrogens with one attached hydrogen (secondary N) is 1. The minimum atomic E-state index is -0.213. The fourth-order valence-corrected chi connectivity index (χ4v) is 3.13. The summed E-state index contributed by atoms with van der Waals surface area (Å²) in [6.07, 6.45) is 2.84. The van der Waals surface area contributed by atoms with Gasteiger partial charge in [-0.2, -0.15) is 0 Å². The van der Waals surface area contributed by atoms with E-state index in [1.165, 1.54) is 0 Å². The molecule has 2 rings (SSSR count). The lowest BCUT2D eigenvalue weighted by Gasteiger charge is -2.10. The number of aromatic nitrogens is 1. The molecule has 0 atom stereocenters. The van der Waals surface area contributed by atoms with Crippen LogP contribution in [0.25, 0.3) is 0 Å². The highest BCUT2D eigenvalue weighted by molar-refractivity contribution is 7.09. The van der Waals surface area contributed by atoms with Gasteiger partial charge in [-0.1, -0.05) is 19.9 Å². The Bertz CT molecular complexity index is 665. The van der Waals surface area contributed by atoms with Crippen molar-refractivity contribution in [3.8, 4) is 5.75 Å². The van der Waals surface area contributed by atoms with Gasteiger partial charge in [0, 0.05) is 17.6 Å². The summed E-state index contributed by atoms with van der Waals surface area (Å²) < 4.78 is 0. The SMILES string of the molecule is Cc1csc(CCCCNC(=O)c2cc(C(C)C)ccc2O)n1. The number of benzene rings is 1. The molecule has 2 N–H and O–H groups in total. The van der Waals surface area contributed by atoms with E-state index in [1.54, 1.807) is 23.5 Å². The second kappa shape index (κ2) is 8.11. The molecule has 5 heteroatoms. The molecule has 124 valence electrons. The van der Waals surface area contributed by atoms with Crippen molar-refractivity contribution in [3.63, 3.8) is 0 Å². The van der Waals surface area contributed by atoms with Crippen LogP contribution in [0.2, 0.25) is 0 Å². The van der Waals surface area contributed by atoms with Crippen LogP contribution in [-0.4, -0.2) is 22.5 Å². The van der Waals surface area contributed by atoms with E-state index in [2.05, 4.69) is 29.5 Å². The van der Waals surface area contributed by atoms with E-state index < -0.39 is 0 Å². The van der Waals surface area contributed by atoms with E-state index in [1.807, 2.05) is 13.0 Å². The summed E-state index contributed by atoms with van der Waals surface area (Å²) in [5, 5.41) is 16.0. The lowest BCUT2D eigenvalue weighted by molar-refractivity contribution is 0.0950. The fraction of sp³-hybridized carbons (Fsp3) is 0.444. The number of nitrogens with zero attached hydrogens (tertiary/aromatic N) is 1. The normalized spacial score (nSPS) is 11.0. The van der Waals surface area contributed by atoms with E-state index in [0.717, 1.165) is 35.5 Å². The predicted octanol–water partition coefficient (Wildman–Crippen LogP) is 4.03. The average molecular weight is 332 g/mol. The van der Waals surface area contributed by atoms with Gasteiger partial charge in [-0.25, -0.2) is 4.98 Å². The Labute approximate surface area is 141 Å². The third-order valence-corrected chi connectivity index (χ3v) is 4.73. The summed E-state index contributed by atoms with van der Waals surface area (Å²) in [5.41, 5.74) is 2.47. The van der Waals surface area contributed by atoms with E-state index >= 15 is 0 Å². The van der Waals surface area contributed by atoms with Gasteiger partial charge in [-0.15, -0.1) is 11.3 Å². The number of rotatable bonds is 7. The molecule has 4 nitrogen and oxygen atoms in total. The van der Waals surface area contributed by atoms with Crippen LogP contribution in [0.4, 0.5) is 0 Å². The number of thiazole rings is 1. The quantitative estimate of drug-likeness (QED) is 0.752. The van der Waals surface area contributed by atoms with Crippen molar-refractivity contribution in [1.82, 2.24) is 10.3 Å². The van der Waals surface area contributed by atoms with Gasteiger partial charge in [0.05, 0.1) is 10.6 Å². The topological polar surface area (TPSA) is 62.2 Å². The molecule has 0 unspecified atom stereocenters. The van der Waals surface area contributed by atoms with Crippen LogP contribution in [0.15, 0.2) is 23.6 Å². The third kappa shape index (κ3) is 5.06. The lowest BCUT2D eigenvalue weighted by Crippen LogP contribution is -2.24. The largest absolute Gasteiger partial charge is 0.507 e. The van der Waals surface area contributed by atoms with Gasteiger partial charge >= 0.3 is 0 Å². The molecule has 1 amide bonds. The molecular formula is C18H24N2O2S. The molecule has 23 heavy (non-hydrogen) atoms. The van der Waals surface area contributed by atoms with Crippen LogP contribution in [0.3, 0.4) is 0 Å². The Hall–Kier alpha value is -1.88. The van der Waals surface area contributed by atoms with Gasteiger partial charge in [-0.3, -0.25) is 4.79 Å². The van der Waals surface area contributed by atoms with Crippen LogP contribution in [-0.2, 0) is 6.42 Å². The number of hydrogen-bond acceptors (Lipinski definition) is 4. The van der Waals surface area contributed by atoms with E-state index in [-0.39, 0.29) is 11.7 Å². The second-order valence-corrected chi connectivity index (χ2v) is 6.97. The summed E-state index contributed by atoms with van der Waals surface area (Å²) in [6.45, 7) is 6.73. The Morgan fingerprint density at radius 2 is 2.13 bits per heavy atom. The average Bonchev–Trinajstić information content (AvgIpc) is 2.92. The van der Waals surface area contributed by atoms with Gasteiger partial charge < -0.3 is 10.4 Å². The van der Waals surface area contributed by atoms with Crippen molar-refractivity contribution < 1.29 is 9.90 Å². The maximum Gasteiger partial charge on any atom is 0.255 e. The maximum atomic E-state index is 12.2. The number of phenols is 1. The molecule has 0 bridgehead atoms. The van der Waals surface area contributed by atoms with Crippen LogP contribution >= 0.6 is 11.3 Å². The standard InChI is InChI=1S/C18H24N2O2S/c1-12(2)14-7-8-16(21)15(10-14)18(22)19-9-5-4-6-17-20-13(3)11-23-17/h7-8,10-12,21H,4-6,9H2,1-3H3,(H,19,22). The molecule has 0 saturated carbocycles. The smallest absolute Gasteiger partial charge is 0.255 e. The summed E-state index contributed by atoms with van der Waals surface area (Å²) in [6, 6.07) is 5.22. The van der Waals surface area contributed by atoms with Crippen LogP contribution in [0, 0.1) is 6.92 Å². The highest BCUT2D eigenvalue weighted by atomic mass is 32.1. The molecule has 1 aromatic heterocycles. The molecular weight excluding hydrogens is 308 g/mol. The van der Waals surface area contributed by atoms with Crippen molar-refractivity contribution in [2.75, 3.05) is 6.54 Å². The predicted molar refractivity (Wildman–Crippen MR) is 94.3 cm³/mol. The van der Waals surface area contributed by atoms with Gasteiger partial charge in [-0.05, 0) is 49.8 Å². The number of carbonyl (C=O) groups excluding carboxylic acids is 1. The number of amides is 1.